The molecule has 1 fully saturated rings. The molecule has 0 radical (unpaired) electrons. The van der Waals surface area contributed by atoms with Crippen molar-refractivity contribution in [3.05, 3.63) is 16.3 Å². The molecule has 1 atom stereocenters. The molecule has 1 aliphatic rings. The Labute approximate surface area is 94.9 Å². The molecular formula is C12H18O2S. The van der Waals surface area contributed by atoms with Gasteiger partial charge in [-0.15, -0.1) is 11.3 Å². The van der Waals surface area contributed by atoms with E-state index >= 15 is 0 Å². The van der Waals surface area contributed by atoms with E-state index in [4.69, 9.17) is 4.74 Å². The molecule has 0 aliphatic heterocycles. The molecule has 3 heteroatoms. The Morgan fingerprint density at radius 2 is 2.13 bits per heavy atom. The molecule has 0 spiro atoms. The van der Waals surface area contributed by atoms with Crippen molar-refractivity contribution >= 4 is 11.3 Å². The first-order chi connectivity index (χ1) is 7.31. The van der Waals surface area contributed by atoms with E-state index in [2.05, 4.69) is 0 Å². The maximum atomic E-state index is 10.2. The number of aliphatic hydroxyl groups is 1. The number of ether oxygens (including phenoxy) is 1. The largest absolute Gasteiger partial charge is 0.496 e. The van der Waals surface area contributed by atoms with E-state index < -0.39 is 0 Å². The van der Waals surface area contributed by atoms with Crippen LogP contribution in [0.3, 0.4) is 0 Å². The fourth-order valence-corrected chi connectivity index (χ4v) is 3.21. The molecular weight excluding hydrogens is 208 g/mol. The van der Waals surface area contributed by atoms with Crippen molar-refractivity contribution in [2.75, 3.05) is 7.11 Å². The van der Waals surface area contributed by atoms with Crippen LogP contribution in [-0.2, 0) is 0 Å². The van der Waals surface area contributed by atoms with Crippen molar-refractivity contribution in [1.29, 1.82) is 0 Å². The van der Waals surface area contributed by atoms with Gasteiger partial charge in [-0.1, -0.05) is 19.3 Å². The van der Waals surface area contributed by atoms with E-state index in [0.29, 0.717) is 5.92 Å². The summed E-state index contributed by atoms with van der Waals surface area (Å²) in [5.74, 6) is 1.33. The summed E-state index contributed by atoms with van der Waals surface area (Å²) in [6.07, 6.45) is 5.92. The van der Waals surface area contributed by atoms with Gasteiger partial charge in [0.2, 0.25) is 0 Å². The fourth-order valence-electron chi connectivity index (χ4n) is 2.28. The summed E-state index contributed by atoms with van der Waals surface area (Å²) >= 11 is 1.60. The second-order valence-corrected chi connectivity index (χ2v) is 5.17. The van der Waals surface area contributed by atoms with Crippen molar-refractivity contribution < 1.29 is 9.84 Å². The monoisotopic (exact) mass is 226 g/mol. The summed E-state index contributed by atoms with van der Waals surface area (Å²) in [4.78, 5) is 1.05. The lowest BCUT2D eigenvalue weighted by Crippen LogP contribution is -2.14. The van der Waals surface area contributed by atoms with Crippen LogP contribution in [0.2, 0.25) is 0 Å². The van der Waals surface area contributed by atoms with Crippen LogP contribution in [0, 0.1) is 5.92 Å². The Hall–Kier alpha value is -0.540. The number of methoxy groups -OCH3 is 1. The van der Waals surface area contributed by atoms with Gasteiger partial charge < -0.3 is 9.84 Å². The highest BCUT2D eigenvalue weighted by Crippen LogP contribution is 2.37. The minimum Gasteiger partial charge on any atom is -0.496 e. The molecule has 2 nitrogen and oxygen atoms in total. The first kappa shape index (κ1) is 11.0. The smallest absolute Gasteiger partial charge is 0.129 e. The van der Waals surface area contributed by atoms with Gasteiger partial charge in [0.25, 0.3) is 0 Å². The average molecular weight is 226 g/mol. The highest BCUT2D eigenvalue weighted by atomic mass is 32.1. The Bertz CT molecular complexity index is 302. The molecule has 0 bridgehead atoms. The predicted molar refractivity (Wildman–Crippen MR) is 62.4 cm³/mol. The van der Waals surface area contributed by atoms with Crippen LogP contribution in [0.4, 0.5) is 0 Å². The molecule has 1 aromatic heterocycles. The van der Waals surface area contributed by atoms with Gasteiger partial charge in [-0.2, -0.15) is 0 Å². The van der Waals surface area contributed by atoms with Crippen molar-refractivity contribution in [2.24, 2.45) is 5.92 Å². The first-order valence-electron chi connectivity index (χ1n) is 5.61. The Balaban J connectivity index is 2.02. The third kappa shape index (κ3) is 2.52. The lowest BCUT2D eigenvalue weighted by atomic mass is 9.85. The predicted octanol–water partition coefficient (Wildman–Crippen LogP) is 3.37. The number of hydrogen-bond donors (Lipinski definition) is 1. The molecule has 84 valence electrons. The van der Waals surface area contributed by atoms with Crippen molar-refractivity contribution in [3.8, 4) is 5.75 Å². The van der Waals surface area contributed by atoms with E-state index in [1.807, 2.05) is 11.4 Å². The molecule has 1 saturated carbocycles. The van der Waals surface area contributed by atoms with Crippen LogP contribution in [0.1, 0.15) is 43.1 Å². The zero-order valence-electron chi connectivity index (χ0n) is 9.11. The zero-order chi connectivity index (χ0) is 10.7. The van der Waals surface area contributed by atoms with Crippen LogP contribution < -0.4 is 4.74 Å². The molecule has 0 saturated heterocycles. The van der Waals surface area contributed by atoms with Crippen LogP contribution >= 0.6 is 11.3 Å². The van der Waals surface area contributed by atoms with E-state index in [9.17, 15) is 5.11 Å². The Kier molecular flexibility index (Phi) is 3.65. The molecule has 1 aliphatic carbocycles. The summed E-state index contributed by atoms with van der Waals surface area (Å²) in [5, 5.41) is 12.2. The van der Waals surface area contributed by atoms with Gasteiger partial charge in [0, 0.05) is 10.3 Å². The third-order valence-corrected chi connectivity index (χ3v) is 4.20. The summed E-state index contributed by atoms with van der Waals surface area (Å²) < 4.78 is 5.13. The van der Waals surface area contributed by atoms with Crippen LogP contribution in [0.25, 0.3) is 0 Å². The zero-order valence-corrected chi connectivity index (χ0v) is 9.93. The Morgan fingerprint density at radius 1 is 1.40 bits per heavy atom. The maximum Gasteiger partial charge on any atom is 0.129 e. The number of aliphatic hydroxyl groups excluding tert-OH is 1. The van der Waals surface area contributed by atoms with E-state index in [1.54, 1.807) is 18.4 Å². The molecule has 2 rings (SSSR count). The normalized spacial score (nSPS) is 20.1. The highest BCUT2D eigenvalue weighted by molar-refractivity contribution is 7.10. The molecule has 1 aromatic rings. The summed E-state index contributed by atoms with van der Waals surface area (Å²) in [6.45, 7) is 0. The number of rotatable bonds is 3. The summed E-state index contributed by atoms with van der Waals surface area (Å²) in [5.41, 5.74) is 0. The minimum absolute atomic E-state index is 0.279. The second kappa shape index (κ2) is 4.99. The van der Waals surface area contributed by atoms with Gasteiger partial charge >= 0.3 is 0 Å². The van der Waals surface area contributed by atoms with Gasteiger partial charge in [-0.3, -0.25) is 0 Å². The number of hydrogen-bond acceptors (Lipinski definition) is 3. The molecule has 1 unspecified atom stereocenters. The Morgan fingerprint density at radius 3 is 2.73 bits per heavy atom. The van der Waals surface area contributed by atoms with Gasteiger partial charge in [0.05, 0.1) is 13.2 Å². The second-order valence-electron chi connectivity index (χ2n) is 4.23. The first-order valence-corrected chi connectivity index (χ1v) is 6.49. The van der Waals surface area contributed by atoms with Gasteiger partial charge in [0.15, 0.2) is 0 Å². The topological polar surface area (TPSA) is 29.5 Å². The van der Waals surface area contributed by atoms with Crippen LogP contribution in [-0.4, -0.2) is 12.2 Å². The summed E-state index contributed by atoms with van der Waals surface area (Å²) in [6, 6.07) is 1.96. The fraction of sp³-hybridized carbons (Fsp3) is 0.667. The molecule has 15 heavy (non-hydrogen) atoms. The van der Waals surface area contributed by atoms with Crippen LogP contribution in [0.15, 0.2) is 11.4 Å². The molecule has 0 amide bonds. The van der Waals surface area contributed by atoms with Gasteiger partial charge in [-0.25, -0.2) is 0 Å². The quantitative estimate of drug-likeness (QED) is 0.856. The van der Waals surface area contributed by atoms with Crippen molar-refractivity contribution in [1.82, 2.24) is 0 Å². The minimum atomic E-state index is -0.279. The molecule has 1 heterocycles. The van der Waals surface area contributed by atoms with Crippen molar-refractivity contribution in [2.45, 2.75) is 38.2 Å². The van der Waals surface area contributed by atoms with E-state index in [1.165, 1.54) is 32.1 Å². The van der Waals surface area contributed by atoms with Crippen molar-refractivity contribution in [3.63, 3.8) is 0 Å². The highest BCUT2D eigenvalue weighted by Gasteiger charge is 2.24. The van der Waals surface area contributed by atoms with Crippen LogP contribution in [0.5, 0.6) is 5.75 Å². The third-order valence-electron chi connectivity index (χ3n) is 3.22. The van der Waals surface area contributed by atoms with Gasteiger partial charge in [-0.05, 0) is 24.8 Å². The molecule has 0 aromatic carbocycles. The molecule has 1 N–H and O–H groups in total. The number of thiophene rings is 1. The summed E-state index contributed by atoms with van der Waals surface area (Å²) in [7, 11) is 1.67. The average Bonchev–Trinajstić information content (AvgIpc) is 2.78. The van der Waals surface area contributed by atoms with E-state index in [-0.39, 0.29) is 6.10 Å². The lowest BCUT2D eigenvalue weighted by molar-refractivity contribution is 0.0878. The standard InChI is InChI=1S/C12H18O2S/c1-14-10-7-11(15-8-10)12(13)9-5-3-2-4-6-9/h7-9,12-13H,2-6H2,1H3. The van der Waals surface area contributed by atoms with Gasteiger partial charge in [0.1, 0.15) is 5.75 Å². The van der Waals surface area contributed by atoms with E-state index in [0.717, 1.165) is 10.6 Å². The lowest BCUT2D eigenvalue weighted by Gasteiger charge is -2.25. The SMILES string of the molecule is COc1csc(C(O)C2CCCCC2)c1. The maximum absolute atomic E-state index is 10.2.